The van der Waals surface area contributed by atoms with Crippen LogP contribution in [0, 0.1) is 6.92 Å². The summed E-state index contributed by atoms with van der Waals surface area (Å²) >= 11 is 0. The maximum absolute atomic E-state index is 13.3. The summed E-state index contributed by atoms with van der Waals surface area (Å²) in [5.41, 5.74) is 4.61. The fourth-order valence-electron chi connectivity index (χ4n) is 5.56. The highest BCUT2D eigenvalue weighted by molar-refractivity contribution is 7.89. The molecule has 0 radical (unpaired) electrons. The average Bonchev–Trinajstić information content (AvgIpc) is 3.51. The zero-order valence-electron chi connectivity index (χ0n) is 19.1. The molecule has 3 aliphatic rings. The maximum atomic E-state index is 13.3. The van der Waals surface area contributed by atoms with Gasteiger partial charge in [-0.2, -0.15) is 4.31 Å². The molecule has 0 N–H and O–H groups in total. The van der Waals surface area contributed by atoms with E-state index in [4.69, 9.17) is 9.47 Å². The van der Waals surface area contributed by atoms with Crippen molar-refractivity contribution in [3.63, 3.8) is 0 Å². The quantitative estimate of drug-likeness (QED) is 0.611. The zero-order chi connectivity index (χ0) is 22.3. The van der Waals surface area contributed by atoms with Gasteiger partial charge in [0.05, 0.1) is 11.4 Å². The molecule has 174 valence electrons. The second kappa shape index (κ2) is 8.93. The number of benzene rings is 1. The molecule has 0 spiro atoms. The SMILES string of the molecule is Cc1c(Cc2ccccc2S(=O)(=O)N2CCCC2)cc(C2CCCC2)n1CC1OC(C)O1. The highest BCUT2D eigenvalue weighted by Gasteiger charge is 2.32. The van der Waals surface area contributed by atoms with Gasteiger partial charge in [-0.15, -0.1) is 0 Å². The van der Waals surface area contributed by atoms with E-state index in [0.29, 0.717) is 36.9 Å². The van der Waals surface area contributed by atoms with Crippen molar-refractivity contribution in [2.45, 2.75) is 88.7 Å². The van der Waals surface area contributed by atoms with Crippen molar-refractivity contribution in [2.75, 3.05) is 13.1 Å². The first kappa shape index (κ1) is 22.1. The lowest BCUT2D eigenvalue weighted by Gasteiger charge is -2.35. The van der Waals surface area contributed by atoms with Crippen molar-refractivity contribution < 1.29 is 17.9 Å². The Morgan fingerprint density at radius 1 is 1.00 bits per heavy atom. The second-order valence-corrected chi connectivity index (χ2v) is 11.3. The molecule has 2 saturated heterocycles. The minimum absolute atomic E-state index is 0.132. The lowest BCUT2D eigenvalue weighted by atomic mass is 10.0. The standard InChI is InChI=1S/C25H34N2O4S/c1-18-22(15-21-11-5-6-12-24(21)32(28,29)26-13-7-8-14-26)16-23(20-9-3-4-10-20)27(18)17-25-30-19(2)31-25/h5-6,11-12,16,19-20,25H,3-4,7-10,13-15,17H2,1-2H3. The van der Waals surface area contributed by atoms with Gasteiger partial charge in [0, 0.05) is 30.9 Å². The molecule has 32 heavy (non-hydrogen) atoms. The predicted octanol–water partition coefficient (Wildman–Crippen LogP) is 4.55. The van der Waals surface area contributed by atoms with Crippen LogP contribution in [-0.2, 0) is 32.5 Å². The summed E-state index contributed by atoms with van der Waals surface area (Å²) in [4.78, 5) is 0.455. The van der Waals surface area contributed by atoms with Crippen molar-refractivity contribution in [2.24, 2.45) is 0 Å². The molecule has 0 amide bonds. The molecular weight excluding hydrogens is 424 g/mol. The van der Waals surface area contributed by atoms with E-state index in [-0.39, 0.29) is 12.6 Å². The molecule has 0 unspecified atom stereocenters. The van der Waals surface area contributed by atoms with E-state index in [0.717, 1.165) is 18.4 Å². The Labute approximate surface area is 191 Å². The number of nitrogens with zero attached hydrogens (tertiary/aromatic N) is 2. The number of ether oxygens (including phenoxy) is 2. The highest BCUT2D eigenvalue weighted by atomic mass is 32.2. The molecule has 2 aliphatic heterocycles. The number of hydrogen-bond acceptors (Lipinski definition) is 4. The van der Waals surface area contributed by atoms with Crippen LogP contribution in [0.3, 0.4) is 0 Å². The zero-order valence-corrected chi connectivity index (χ0v) is 19.9. The fraction of sp³-hybridized carbons (Fsp3) is 0.600. The summed E-state index contributed by atoms with van der Waals surface area (Å²) in [7, 11) is -3.45. The van der Waals surface area contributed by atoms with Crippen LogP contribution >= 0.6 is 0 Å². The van der Waals surface area contributed by atoms with Crippen LogP contribution in [0.15, 0.2) is 35.2 Å². The molecule has 5 rings (SSSR count). The normalized spacial score (nSPS) is 24.8. The minimum atomic E-state index is -3.45. The summed E-state index contributed by atoms with van der Waals surface area (Å²) in [5, 5.41) is 0. The van der Waals surface area contributed by atoms with Crippen LogP contribution in [0.25, 0.3) is 0 Å². The van der Waals surface area contributed by atoms with Crippen molar-refractivity contribution >= 4 is 10.0 Å². The largest absolute Gasteiger partial charge is 0.343 e. The van der Waals surface area contributed by atoms with Crippen molar-refractivity contribution in [3.8, 4) is 0 Å². The highest BCUT2D eigenvalue weighted by Crippen LogP contribution is 2.38. The van der Waals surface area contributed by atoms with Crippen LogP contribution in [0.5, 0.6) is 0 Å². The van der Waals surface area contributed by atoms with Gasteiger partial charge in [0.1, 0.15) is 0 Å². The summed E-state index contributed by atoms with van der Waals surface area (Å²) in [6.45, 7) is 6.00. The van der Waals surface area contributed by atoms with Gasteiger partial charge >= 0.3 is 0 Å². The molecule has 0 atom stereocenters. The predicted molar refractivity (Wildman–Crippen MR) is 123 cm³/mol. The number of sulfonamides is 1. The first-order chi connectivity index (χ1) is 15.4. The number of rotatable bonds is 7. The maximum Gasteiger partial charge on any atom is 0.243 e. The molecule has 7 heteroatoms. The molecule has 1 aliphatic carbocycles. The van der Waals surface area contributed by atoms with Crippen molar-refractivity contribution in [1.82, 2.24) is 8.87 Å². The van der Waals surface area contributed by atoms with Gasteiger partial charge in [-0.25, -0.2) is 8.42 Å². The van der Waals surface area contributed by atoms with Crippen LogP contribution in [0.2, 0.25) is 0 Å². The van der Waals surface area contributed by atoms with Crippen LogP contribution in [-0.4, -0.2) is 43.0 Å². The third kappa shape index (κ3) is 4.16. The Kier molecular flexibility index (Phi) is 6.18. The van der Waals surface area contributed by atoms with Crippen LogP contribution < -0.4 is 0 Å². The van der Waals surface area contributed by atoms with E-state index >= 15 is 0 Å². The van der Waals surface area contributed by atoms with E-state index in [1.54, 1.807) is 10.4 Å². The molecule has 1 aromatic carbocycles. The summed E-state index contributed by atoms with van der Waals surface area (Å²) in [6.07, 6.45) is 7.14. The van der Waals surface area contributed by atoms with Gasteiger partial charge in [0.2, 0.25) is 10.0 Å². The summed E-state index contributed by atoms with van der Waals surface area (Å²) in [5.74, 6) is 0.559. The van der Waals surface area contributed by atoms with Crippen molar-refractivity contribution in [3.05, 3.63) is 52.8 Å². The first-order valence-corrected chi connectivity index (χ1v) is 13.5. The third-order valence-corrected chi connectivity index (χ3v) is 9.33. The van der Waals surface area contributed by atoms with E-state index in [1.165, 1.54) is 42.6 Å². The number of aromatic nitrogens is 1. The Morgan fingerprint density at radius 2 is 1.69 bits per heavy atom. The average molecular weight is 459 g/mol. The summed E-state index contributed by atoms with van der Waals surface area (Å²) < 4.78 is 42.1. The molecule has 2 aromatic rings. The van der Waals surface area contributed by atoms with Gasteiger partial charge in [-0.1, -0.05) is 31.0 Å². The monoisotopic (exact) mass is 458 g/mol. The van der Waals surface area contributed by atoms with E-state index < -0.39 is 10.0 Å². The first-order valence-electron chi connectivity index (χ1n) is 12.0. The Hall–Kier alpha value is -1.67. The van der Waals surface area contributed by atoms with E-state index in [2.05, 4.69) is 17.6 Å². The molecule has 0 bridgehead atoms. The summed E-state index contributed by atoms with van der Waals surface area (Å²) in [6, 6.07) is 9.83. The second-order valence-electron chi connectivity index (χ2n) is 9.44. The Morgan fingerprint density at radius 3 is 2.38 bits per heavy atom. The van der Waals surface area contributed by atoms with Gasteiger partial charge in [0.25, 0.3) is 0 Å². The van der Waals surface area contributed by atoms with Crippen molar-refractivity contribution in [1.29, 1.82) is 0 Å². The number of hydrogen-bond donors (Lipinski definition) is 0. The molecule has 3 fully saturated rings. The van der Waals surface area contributed by atoms with E-state index in [9.17, 15) is 8.42 Å². The van der Waals surface area contributed by atoms with Gasteiger partial charge in [-0.05, 0) is 68.7 Å². The third-order valence-electron chi connectivity index (χ3n) is 7.33. The lowest BCUT2D eigenvalue weighted by molar-refractivity contribution is -0.379. The van der Waals surface area contributed by atoms with E-state index in [1.807, 2.05) is 25.1 Å². The Bertz CT molecular complexity index is 1060. The van der Waals surface area contributed by atoms with Gasteiger partial charge < -0.3 is 14.0 Å². The molecule has 1 saturated carbocycles. The fourth-order valence-corrected chi connectivity index (χ4v) is 7.30. The Balaban J connectivity index is 1.47. The topological polar surface area (TPSA) is 60.8 Å². The molecule has 6 nitrogen and oxygen atoms in total. The van der Waals surface area contributed by atoms with Crippen LogP contribution in [0.1, 0.15) is 73.9 Å². The smallest absolute Gasteiger partial charge is 0.243 e. The molecule has 1 aromatic heterocycles. The molecular formula is C25H34N2O4S. The van der Waals surface area contributed by atoms with Gasteiger partial charge in [-0.3, -0.25) is 0 Å². The van der Waals surface area contributed by atoms with Gasteiger partial charge in [0.15, 0.2) is 12.6 Å². The lowest BCUT2D eigenvalue weighted by Crippen LogP contribution is -2.42. The van der Waals surface area contributed by atoms with Crippen LogP contribution in [0.4, 0.5) is 0 Å². The molecule has 3 heterocycles. The minimum Gasteiger partial charge on any atom is -0.343 e.